The molecule has 0 aromatic carbocycles. The van der Waals surface area contributed by atoms with Gasteiger partial charge < -0.3 is 0 Å². The second kappa shape index (κ2) is 5.35. The van der Waals surface area contributed by atoms with Gasteiger partial charge >= 0.3 is 131 Å². The Labute approximate surface area is 131 Å². The molecule has 22 heavy (non-hydrogen) atoms. The van der Waals surface area contributed by atoms with Gasteiger partial charge in [0.05, 0.1) is 0 Å². The fourth-order valence-electron chi connectivity index (χ4n) is 2.74. The summed E-state index contributed by atoms with van der Waals surface area (Å²) in [6.07, 6.45) is 4.78. The van der Waals surface area contributed by atoms with Crippen molar-refractivity contribution in [2.24, 2.45) is 5.41 Å². The Hall–Kier alpha value is -1.95. The van der Waals surface area contributed by atoms with E-state index in [1.807, 2.05) is 39.0 Å². The maximum atomic E-state index is 13.5. The third-order valence-electron chi connectivity index (χ3n) is 3.69. The van der Waals surface area contributed by atoms with Crippen molar-refractivity contribution in [3.63, 3.8) is 0 Å². The van der Waals surface area contributed by atoms with Crippen molar-refractivity contribution >= 4 is 31.7 Å². The zero-order valence-corrected chi connectivity index (χ0v) is 14.9. The summed E-state index contributed by atoms with van der Waals surface area (Å²) >= 11 is -3.82. The Morgan fingerprint density at radius 1 is 0.818 bits per heavy atom. The molecule has 3 aromatic rings. The average Bonchev–Trinajstić information content (AvgIpc) is 3.23. The Bertz CT molecular complexity index is 647. The first-order valence-corrected chi connectivity index (χ1v) is 11.3. The van der Waals surface area contributed by atoms with Crippen molar-refractivity contribution in [1.82, 2.24) is 0 Å². The van der Waals surface area contributed by atoms with E-state index in [0.717, 1.165) is 0 Å². The normalized spacial score (nSPS) is 12.5. The van der Waals surface area contributed by atoms with Crippen molar-refractivity contribution in [2.45, 2.75) is 20.8 Å². The topological polar surface area (TPSA) is 56.5 Å². The molecule has 0 N–H and O–H groups in total. The van der Waals surface area contributed by atoms with Gasteiger partial charge in [0.2, 0.25) is 0 Å². The van der Waals surface area contributed by atoms with Gasteiger partial charge in [-0.05, 0) is 0 Å². The SMILES string of the molecule is CC(C)(C)[C](=O)[Ge]([c]1ccco1)([c]1ccco1)[c]1ccco1. The number of carbonyl (C=O) groups is 1. The second-order valence-electron chi connectivity index (χ2n) is 6.26. The van der Waals surface area contributed by atoms with Gasteiger partial charge in [0.15, 0.2) is 0 Å². The van der Waals surface area contributed by atoms with Gasteiger partial charge in [-0.3, -0.25) is 0 Å². The molecule has 0 atom stereocenters. The van der Waals surface area contributed by atoms with E-state index < -0.39 is 18.7 Å². The van der Waals surface area contributed by atoms with Crippen LogP contribution in [0.1, 0.15) is 20.8 Å². The van der Waals surface area contributed by atoms with Crippen LogP contribution in [-0.4, -0.2) is 17.9 Å². The summed E-state index contributed by atoms with van der Waals surface area (Å²) in [6.45, 7) is 5.76. The number of furan rings is 3. The summed E-state index contributed by atoms with van der Waals surface area (Å²) in [5, 5.41) is 0. The molecule has 0 saturated carbocycles. The van der Waals surface area contributed by atoms with Crippen LogP contribution in [0.15, 0.2) is 68.4 Å². The van der Waals surface area contributed by atoms with Gasteiger partial charge in [0.1, 0.15) is 0 Å². The molecule has 3 aromatic heterocycles. The second-order valence-corrected chi connectivity index (χ2v) is 13.5. The molecule has 0 aliphatic heterocycles. The van der Waals surface area contributed by atoms with E-state index in [-0.39, 0.29) is 4.62 Å². The van der Waals surface area contributed by atoms with E-state index in [1.165, 1.54) is 0 Å². The predicted molar refractivity (Wildman–Crippen MR) is 85.2 cm³/mol. The molecule has 3 rings (SSSR count). The van der Waals surface area contributed by atoms with Crippen LogP contribution in [0.5, 0.6) is 0 Å². The first-order valence-electron chi connectivity index (χ1n) is 7.14. The predicted octanol–water partition coefficient (Wildman–Crippen LogP) is 2.09. The molecule has 114 valence electrons. The molecule has 0 aliphatic carbocycles. The van der Waals surface area contributed by atoms with Crippen LogP contribution in [0.25, 0.3) is 0 Å². The molecule has 0 radical (unpaired) electrons. The number of carbonyl (C=O) groups excluding carboxylic acids is 1. The van der Waals surface area contributed by atoms with E-state index in [2.05, 4.69) is 0 Å². The molecule has 5 heteroatoms. The average molecular weight is 359 g/mol. The van der Waals surface area contributed by atoms with Gasteiger partial charge in [-0.25, -0.2) is 0 Å². The summed E-state index contributed by atoms with van der Waals surface area (Å²) in [5.41, 5.74) is -0.535. The fraction of sp³-hybridized carbons (Fsp3) is 0.235. The van der Waals surface area contributed by atoms with E-state index >= 15 is 0 Å². The van der Waals surface area contributed by atoms with Gasteiger partial charge in [-0.2, -0.15) is 0 Å². The molecular formula is C17H18GeO4. The summed E-state index contributed by atoms with van der Waals surface area (Å²) < 4.78 is 19.3. The zero-order chi connectivity index (χ0) is 15.8. The van der Waals surface area contributed by atoms with Crippen LogP contribution in [0.3, 0.4) is 0 Å². The number of hydrogen-bond donors (Lipinski definition) is 0. The molecule has 0 unspecified atom stereocenters. The van der Waals surface area contributed by atoms with Crippen LogP contribution in [0.4, 0.5) is 0 Å². The standard InChI is InChI=1S/C17H18GeO4/c1-17(2,3)16(19)18(13-7-4-10-20-13,14-8-5-11-21-14)15-9-6-12-22-15/h4-12H,1-3H3. The zero-order valence-electron chi connectivity index (χ0n) is 12.8. The summed E-state index contributed by atoms with van der Waals surface area (Å²) in [6, 6.07) is 11.0. The Morgan fingerprint density at radius 2 is 1.18 bits per heavy atom. The first-order chi connectivity index (χ1) is 10.5. The summed E-state index contributed by atoms with van der Waals surface area (Å²) in [7, 11) is 0. The van der Waals surface area contributed by atoms with Crippen LogP contribution in [-0.2, 0) is 4.79 Å². The van der Waals surface area contributed by atoms with Gasteiger partial charge in [0, 0.05) is 0 Å². The molecule has 0 saturated heterocycles. The van der Waals surface area contributed by atoms with E-state index in [0.29, 0.717) is 13.8 Å². The van der Waals surface area contributed by atoms with E-state index in [4.69, 9.17) is 13.3 Å². The number of hydrogen-bond acceptors (Lipinski definition) is 4. The fourth-order valence-corrected chi connectivity index (χ4v) is 11.8. The maximum absolute atomic E-state index is 13.5. The molecule has 4 nitrogen and oxygen atoms in total. The third kappa shape index (κ3) is 2.18. The minimum atomic E-state index is -3.82. The van der Waals surface area contributed by atoms with Gasteiger partial charge in [-0.15, -0.1) is 0 Å². The van der Waals surface area contributed by atoms with Crippen molar-refractivity contribution in [3.8, 4) is 0 Å². The van der Waals surface area contributed by atoms with Crippen molar-refractivity contribution in [1.29, 1.82) is 0 Å². The Kier molecular flexibility index (Phi) is 3.64. The monoisotopic (exact) mass is 360 g/mol. The van der Waals surface area contributed by atoms with E-state index in [9.17, 15) is 4.79 Å². The Balaban J connectivity index is 2.36. The van der Waals surface area contributed by atoms with Gasteiger partial charge in [0.25, 0.3) is 0 Å². The molecule has 0 spiro atoms. The molecule has 0 aliphatic rings. The van der Waals surface area contributed by atoms with Crippen LogP contribution < -0.4 is 13.8 Å². The molecule has 0 fully saturated rings. The summed E-state index contributed by atoms with van der Waals surface area (Å²) in [5.74, 6) is 0. The van der Waals surface area contributed by atoms with Crippen LogP contribution in [0, 0.1) is 5.41 Å². The minimum absolute atomic E-state index is 0.132. The molecular weight excluding hydrogens is 341 g/mol. The first kappa shape index (κ1) is 15.0. The Morgan fingerprint density at radius 3 is 1.41 bits per heavy atom. The quantitative estimate of drug-likeness (QED) is 0.670. The van der Waals surface area contributed by atoms with E-state index in [1.54, 1.807) is 37.0 Å². The molecule has 3 heterocycles. The van der Waals surface area contributed by atoms with Crippen molar-refractivity contribution in [2.75, 3.05) is 0 Å². The number of rotatable bonds is 4. The van der Waals surface area contributed by atoms with Crippen molar-refractivity contribution < 1.29 is 18.0 Å². The third-order valence-corrected chi connectivity index (χ3v) is 13.1. The van der Waals surface area contributed by atoms with Crippen LogP contribution >= 0.6 is 0 Å². The molecule has 0 amide bonds. The molecule has 0 bridgehead atoms. The van der Waals surface area contributed by atoms with Gasteiger partial charge in [-0.1, -0.05) is 0 Å². The summed E-state index contributed by atoms with van der Waals surface area (Å²) in [4.78, 5) is 13.5. The van der Waals surface area contributed by atoms with Crippen LogP contribution in [0.2, 0.25) is 0 Å². The van der Waals surface area contributed by atoms with Crippen molar-refractivity contribution in [3.05, 3.63) is 55.2 Å².